The number of aromatic nitrogens is 2. The number of hydrogen-bond acceptors (Lipinski definition) is 5. The van der Waals surface area contributed by atoms with Crippen LogP contribution in [-0.4, -0.2) is 27.9 Å². The number of aliphatic hydroxyl groups excluding tert-OH is 1. The third-order valence-corrected chi connectivity index (χ3v) is 2.21. The van der Waals surface area contributed by atoms with Gasteiger partial charge < -0.3 is 14.9 Å². The van der Waals surface area contributed by atoms with E-state index in [0.717, 1.165) is 12.2 Å². The first kappa shape index (κ1) is 8.65. The molecule has 0 aliphatic carbocycles. The number of β-amino-alcohol motifs (C(OH)–C–C–N with tert-alkyl or cyclic N) is 1. The van der Waals surface area contributed by atoms with Gasteiger partial charge in [-0.2, -0.15) is 4.98 Å². The van der Waals surface area contributed by atoms with Crippen LogP contribution < -0.4 is 5.32 Å². The molecule has 1 aromatic heterocycles. The standard InChI is InChI=1S/C8H13N3O2/c1-2-7-10-8(13-11-7)6-3-5(12)4-9-6/h5-6,9,12H,2-4H2,1H3/t5-,6-/m1/s1. The van der Waals surface area contributed by atoms with Crippen LogP contribution in [0.5, 0.6) is 0 Å². The van der Waals surface area contributed by atoms with E-state index in [9.17, 15) is 5.11 Å². The van der Waals surface area contributed by atoms with Crippen molar-refractivity contribution < 1.29 is 9.63 Å². The van der Waals surface area contributed by atoms with Gasteiger partial charge in [0.05, 0.1) is 12.1 Å². The summed E-state index contributed by atoms with van der Waals surface area (Å²) in [7, 11) is 0. The second kappa shape index (κ2) is 3.43. The van der Waals surface area contributed by atoms with Crippen molar-refractivity contribution in [2.24, 2.45) is 0 Å². The lowest BCUT2D eigenvalue weighted by Gasteiger charge is -2.01. The number of aryl methyl sites for hydroxylation is 1. The molecule has 0 saturated carbocycles. The minimum atomic E-state index is -0.290. The van der Waals surface area contributed by atoms with Gasteiger partial charge in [0.1, 0.15) is 0 Å². The lowest BCUT2D eigenvalue weighted by molar-refractivity contribution is 0.191. The van der Waals surface area contributed by atoms with Crippen molar-refractivity contribution >= 4 is 0 Å². The van der Waals surface area contributed by atoms with E-state index in [1.54, 1.807) is 0 Å². The minimum Gasteiger partial charge on any atom is -0.392 e. The van der Waals surface area contributed by atoms with Gasteiger partial charge in [-0.1, -0.05) is 12.1 Å². The van der Waals surface area contributed by atoms with Gasteiger partial charge >= 0.3 is 0 Å². The summed E-state index contributed by atoms with van der Waals surface area (Å²) in [5.74, 6) is 1.31. The zero-order valence-electron chi connectivity index (χ0n) is 7.53. The van der Waals surface area contributed by atoms with E-state index in [0.29, 0.717) is 18.9 Å². The molecule has 0 bridgehead atoms. The van der Waals surface area contributed by atoms with Crippen molar-refractivity contribution in [3.63, 3.8) is 0 Å². The SMILES string of the molecule is CCc1noc([C@H]2C[C@@H](O)CN2)n1. The van der Waals surface area contributed by atoms with Crippen molar-refractivity contribution in [1.29, 1.82) is 0 Å². The third kappa shape index (κ3) is 1.71. The largest absolute Gasteiger partial charge is 0.392 e. The van der Waals surface area contributed by atoms with Gasteiger partial charge in [0, 0.05) is 13.0 Å². The fourth-order valence-electron chi connectivity index (χ4n) is 1.46. The van der Waals surface area contributed by atoms with Gasteiger partial charge in [-0.15, -0.1) is 0 Å². The lowest BCUT2D eigenvalue weighted by atomic mass is 10.2. The molecule has 2 rings (SSSR count). The van der Waals surface area contributed by atoms with Crippen LogP contribution in [-0.2, 0) is 6.42 Å². The average molecular weight is 183 g/mol. The maximum absolute atomic E-state index is 9.27. The van der Waals surface area contributed by atoms with E-state index in [-0.39, 0.29) is 12.1 Å². The first-order valence-electron chi connectivity index (χ1n) is 4.53. The molecule has 5 heteroatoms. The fraction of sp³-hybridized carbons (Fsp3) is 0.750. The van der Waals surface area contributed by atoms with Crippen LogP contribution >= 0.6 is 0 Å². The molecule has 2 heterocycles. The Morgan fingerprint density at radius 1 is 1.69 bits per heavy atom. The topological polar surface area (TPSA) is 71.2 Å². The molecule has 5 nitrogen and oxygen atoms in total. The van der Waals surface area contributed by atoms with E-state index in [1.807, 2.05) is 6.92 Å². The summed E-state index contributed by atoms with van der Waals surface area (Å²) in [4.78, 5) is 4.19. The average Bonchev–Trinajstić information content (AvgIpc) is 2.71. The van der Waals surface area contributed by atoms with Gasteiger partial charge in [0.25, 0.3) is 0 Å². The number of rotatable bonds is 2. The van der Waals surface area contributed by atoms with Gasteiger partial charge in [-0.25, -0.2) is 0 Å². The molecular weight excluding hydrogens is 170 g/mol. The second-order valence-corrected chi connectivity index (χ2v) is 3.25. The first-order chi connectivity index (χ1) is 6.29. The number of aliphatic hydroxyl groups is 1. The Hall–Kier alpha value is -0.940. The molecule has 1 fully saturated rings. The maximum atomic E-state index is 9.27. The summed E-state index contributed by atoms with van der Waals surface area (Å²) in [5.41, 5.74) is 0. The molecule has 0 amide bonds. The van der Waals surface area contributed by atoms with Crippen molar-refractivity contribution in [1.82, 2.24) is 15.5 Å². The van der Waals surface area contributed by atoms with Crippen molar-refractivity contribution in [2.45, 2.75) is 31.9 Å². The van der Waals surface area contributed by atoms with Crippen LogP contribution in [0.15, 0.2) is 4.52 Å². The Bertz CT molecular complexity index is 287. The van der Waals surface area contributed by atoms with E-state index >= 15 is 0 Å². The minimum absolute atomic E-state index is 0.0304. The summed E-state index contributed by atoms with van der Waals surface area (Å²) in [6.07, 6.45) is 1.14. The molecule has 13 heavy (non-hydrogen) atoms. The van der Waals surface area contributed by atoms with Crippen LogP contribution in [0.4, 0.5) is 0 Å². The number of nitrogens with one attached hydrogen (secondary N) is 1. The zero-order chi connectivity index (χ0) is 9.26. The molecule has 1 aliphatic rings. The number of nitrogens with zero attached hydrogens (tertiary/aromatic N) is 2. The zero-order valence-corrected chi connectivity index (χ0v) is 7.53. The molecule has 0 spiro atoms. The Morgan fingerprint density at radius 2 is 2.54 bits per heavy atom. The summed E-state index contributed by atoms with van der Waals surface area (Å²) < 4.78 is 5.05. The molecule has 1 saturated heterocycles. The monoisotopic (exact) mass is 183 g/mol. The molecule has 1 aliphatic heterocycles. The summed E-state index contributed by atoms with van der Waals surface area (Å²) in [6, 6.07) is 0.0304. The van der Waals surface area contributed by atoms with E-state index in [2.05, 4.69) is 15.5 Å². The van der Waals surface area contributed by atoms with Crippen LogP contribution in [0, 0.1) is 0 Å². The molecule has 72 valence electrons. The summed E-state index contributed by atoms with van der Waals surface area (Å²) >= 11 is 0. The van der Waals surface area contributed by atoms with Gasteiger partial charge in [-0.05, 0) is 6.42 Å². The van der Waals surface area contributed by atoms with Gasteiger partial charge in [0.15, 0.2) is 5.82 Å². The van der Waals surface area contributed by atoms with E-state index in [4.69, 9.17) is 4.52 Å². The first-order valence-corrected chi connectivity index (χ1v) is 4.53. The highest BCUT2D eigenvalue weighted by Crippen LogP contribution is 2.21. The van der Waals surface area contributed by atoms with Gasteiger partial charge in [-0.3, -0.25) is 0 Å². The Morgan fingerprint density at radius 3 is 3.08 bits per heavy atom. The van der Waals surface area contributed by atoms with Crippen LogP contribution in [0.2, 0.25) is 0 Å². The van der Waals surface area contributed by atoms with Crippen LogP contribution in [0.3, 0.4) is 0 Å². The Balaban J connectivity index is 2.08. The smallest absolute Gasteiger partial charge is 0.243 e. The molecule has 0 radical (unpaired) electrons. The van der Waals surface area contributed by atoms with Crippen LogP contribution in [0.1, 0.15) is 31.1 Å². The highest BCUT2D eigenvalue weighted by molar-refractivity contribution is 4.97. The maximum Gasteiger partial charge on any atom is 0.243 e. The number of hydrogen-bond donors (Lipinski definition) is 2. The highest BCUT2D eigenvalue weighted by atomic mass is 16.5. The van der Waals surface area contributed by atoms with Crippen molar-refractivity contribution in [3.8, 4) is 0 Å². The molecular formula is C8H13N3O2. The van der Waals surface area contributed by atoms with E-state index in [1.165, 1.54) is 0 Å². The van der Waals surface area contributed by atoms with Crippen molar-refractivity contribution in [3.05, 3.63) is 11.7 Å². The second-order valence-electron chi connectivity index (χ2n) is 3.25. The Kier molecular flexibility index (Phi) is 2.28. The summed E-state index contributed by atoms with van der Waals surface area (Å²) in [5, 5.41) is 16.2. The molecule has 2 atom stereocenters. The molecule has 2 N–H and O–H groups in total. The molecule has 0 unspecified atom stereocenters. The summed E-state index contributed by atoms with van der Waals surface area (Å²) in [6.45, 7) is 2.58. The van der Waals surface area contributed by atoms with Crippen LogP contribution in [0.25, 0.3) is 0 Å². The quantitative estimate of drug-likeness (QED) is 0.676. The predicted octanol–water partition coefficient (Wildman–Crippen LogP) is 0.0273. The third-order valence-electron chi connectivity index (χ3n) is 2.21. The molecule has 0 aromatic carbocycles. The van der Waals surface area contributed by atoms with E-state index < -0.39 is 0 Å². The highest BCUT2D eigenvalue weighted by Gasteiger charge is 2.27. The van der Waals surface area contributed by atoms with Gasteiger partial charge in [0.2, 0.25) is 5.89 Å². The normalized spacial score (nSPS) is 28.2. The fourth-order valence-corrected chi connectivity index (χ4v) is 1.46. The Labute approximate surface area is 76.1 Å². The lowest BCUT2D eigenvalue weighted by Crippen LogP contribution is -2.15. The predicted molar refractivity (Wildman–Crippen MR) is 45.0 cm³/mol. The van der Waals surface area contributed by atoms with Crippen molar-refractivity contribution in [2.75, 3.05) is 6.54 Å². The molecule has 1 aromatic rings.